The van der Waals surface area contributed by atoms with Crippen molar-refractivity contribution in [2.45, 2.75) is 0 Å². The van der Waals surface area contributed by atoms with Gasteiger partial charge in [-0.3, -0.25) is 5.41 Å². The van der Waals surface area contributed by atoms with Crippen molar-refractivity contribution in [3.63, 3.8) is 0 Å². The first-order chi connectivity index (χ1) is 7.54. The summed E-state index contributed by atoms with van der Waals surface area (Å²) in [7, 11) is 1.62. The molecule has 2 rings (SSSR count). The zero-order valence-corrected chi connectivity index (χ0v) is 12.3. The number of fused-ring (bicyclic) bond motifs is 1. The van der Waals surface area contributed by atoms with Crippen molar-refractivity contribution in [1.82, 2.24) is 0 Å². The van der Waals surface area contributed by atoms with E-state index in [4.69, 9.17) is 15.9 Å². The minimum absolute atomic E-state index is 0.0753. The number of ether oxygens (including phenoxy) is 1. The molecule has 16 heavy (non-hydrogen) atoms. The molecule has 6 heteroatoms. The van der Waals surface area contributed by atoms with Gasteiger partial charge in [0, 0.05) is 9.86 Å². The topological polar surface area (TPSA) is 59.1 Å². The molecule has 1 heterocycles. The molecule has 0 amide bonds. The molecular formula is C10H8Br2N2OS. The molecule has 0 bridgehead atoms. The van der Waals surface area contributed by atoms with Gasteiger partial charge in [-0.05, 0) is 44.0 Å². The molecule has 3 N–H and O–H groups in total. The monoisotopic (exact) mass is 362 g/mol. The van der Waals surface area contributed by atoms with E-state index in [1.807, 2.05) is 12.1 Å². The molecule has 3 nitrogen and oxygen atoms in total. The molecule has 0 saturated carbocycles. The summed E-state index contributed by atoms with van der Waals surface area (Å²) in [5.74, 6) is 0.841. The van der Waals surface area contributed by atoms with Gasteiger partial charge in [0.25, 0.3) is 0 Å². The van der Waals surface area contributed by atoms with Crippen LogP contribution < -0.4 is 10.5 Å². The van der Waals surface area contributed by atoms with Crippen molar-refractivity contribution < 1.29 is 4.74 Å². The first-order valence-corrected chi connectivity index (χ1v) is 6.74. The highest BCUT2D eigenvalue weighted by molar-refractivity contribution is 9.11. The minimum atomic E-state index is 0.0753. The molecule has 0 atom stereocenters. The number of benzene rings is 1. The quantitative estimate of drug-likeness (QED) is 0.631. The van der Waals surface area contributed by atoms with Gasteiger partial charge in [0.2, 0.25) is 0 Å². The van der Waals surface area contributed by atoms with E-state index < -0.39 is 0 Å². The fraction of sp³-hybridized carbons (Fsp3) is 0.100. The molecule has 0 aliphatic rings. The minimum Gasteiger partial charge on any atom is -0.495 e. The van der Waals surface area contributed by atoms with Gasteiger partial charge in [0.1, 0.15) is 11.6 Å². The lowest BCUT2D eigenvalue weighted by atomic mass is 10.2. The molecule has 1 aromatic carbocycles. The van der Waals surface area contributed by atoms with Crippen LogP contribution in [-0.2, 0) is 0 Å². The zero-order valence-electron chi connectivity index (χ0n) is 8.30. The standard InChI is InChI=1S/C10H8Br2N2OS/c1-15-8-4-2-7(10(13)14)16-9(4)6(12)3-5(8)11/h2-3H,1H3,(H3,13,14). The Morgan fingerprint density at radius 3 is 2.62 bits per heavy atom. The summed E-state index contributed by atoms with van der Waals surface area (Å²) < 4.78 is 8.21. The normalized spacial score (nSPS) is 10.7. The highest BCUT2D eigenvalue weighted by Crippen LogP contribution is 2.42. The second-order valence-corrected chi connectivity index (χ2v) is 5.90. The van der Waals surface area contributed by atoms with Crippen LogP contribution in [-0.4, -0.2) is 12.9 Å². The summed E-state index contributed by atoms with van der Waals surface area (Å²) in [5, 5.41) is 8.40. The lowest BCUT2D eigenvalue weighted by molar-refractivity contribution is 0.417. The third-order valence-corrected chi connectivity index (χ3v) is 4.81. The van der Waals surface area contributed by atoms with Crippen molar-refractivity contribution in [2.75, 3.05) is 7.11 Å². The number of amidine groups is 1. The number of nitrogens with two attached hydrogens (primary N) is 1. The maximum Gasteiger partial charge on any atom is 0.141 e. The van der Waals surface area contributed by atoms with Gasteiger partial charge in [-0.25, -0.2) is 0 Å². The fourth-order valence-electron chi connectivity index (χ4n) is 1.45. The van der Waals surface area contributed by atoms with E-state index in [-0.39, 0.29) is 5.84 Å². The largest absolute Gasteiger partial charge is 0.495 e. The summed E-state index contributed by atoms with van der Waals surface area (Å²) >= 11 is 8.40. The maximum atomic E-state index is 7.44. The van der Waals surface area contributed by atoms with Crippen LogP contribution in [0.1, 0.15) is 4.88 Å². The molecule has 1 aromatic heterocycles. The Bertz CT molecular complexity index is 580. The lowest BCUT2D eigenvalue weighted by Crippen LogP contribution is -2.08. The molecule has 84 valence electrons. The number of methoxy groups -OCH3 is 1. The van der Waals surface area contributed by atoms with Gasteiger partial charge in [0.15, 0.2) is 0 Å². The average Bonchev–Trinajstić information content (AvgIpc) is 2.63. The van der Waals surface area contributed by atoms with Crippen molar-refractivity contribution >= 4 is 59.1 Å². The van der Waals surface area contributed by atoms with E-state index in [2.05, 4.69) is 31.9 Å². The number of rotatable bonds is 2. The predicted molar refractivity (Wildman–Crippen MR) is 74.8 cm³/mol. The van der Waals surface area contributed by atoms with Crippen LogP contribution in [0, 0.1) is 5.41 Å². The molecule has 0 aliphatic carbocycles. The van der Waals surface area contributed by atoms with Gasteiger partial charge in [-0.15, -0.1) is 11.3 Å². The molecular weight excluding hydrogens is 356 g/mol. The lowest BCUT2D eigenvalue weighted by Gasteiger charge is -2.05. The fourth-order valence-corrected chi connectivity index (χ4v) is 3.97. The molecule has 0 radical (unpaired) electrons. The SMILES string of the molecule is COc1c(Br)cc(Br)c2sc(C(=N)N)cc12. The van der Waals surface area contributed by atoms with Gasteiger partial charge in [0.05, 0.1) is 21.2 Å². The molecule has 0 aliphatic heterocycles. The number of nitrogens with one attached hydrogen (secondary N) is 1. The Hall–Kier alpha value is -0.590. The van der Waals surface area contributed by atoms with Crippen molar-refractivity contribution in [2.24, 2.45) is 5.73 Å². The van der Waals surface area contributed by atoms with Gasteiger partial charge < -0.3 is 10.5 Å². The smallest absolute Gasteiger partial charge is 0.141 e. The first-order valence-electron chi connectivity index (χ1n) is 4.34. The molecule has 0 unspecified atom stereocenters. The summed E-state index contributed by atoms with van der Waals surface area (Å²) in [4.78, 5) is 0.743. The number of hydrogen-bond acceptors (Lipinski definition) is 3. The summed E-state index contributed by atoms with van der Waals surface area (Å²) in [6.45, 7) is 0. The number of hydrogen-bond donors (Lipinski definition) is 2. The maximum absolute atomic E-state index is 7.44. The number of halogens is 2. The van der Waals surface area contributed by atoms with Crippen LogP contribution in [0.5, 0.6) is 5.75 Å². The van der Waals surface area contributed by atoms with E-state index in [0.717, 1.165) is 29.7 Å². The second kappa shape index (κ2) is 4.35. The Morgan fingerprint density at radius 1 is 1.38 bits per heavy atom. The Balaban J connectivity index is 2.83. The third kappa shape index (κ3) is 1.85. The molecule has 0 spiro atoms. The van der Waals surface area contributed by atoms with Crippen LogP contribution in [0.4, 0.5) is 0 Å². The van der Waals surface area contributed by atoms with Crippen LogP contribution in [0.15, 0.2) is 21.1 Å². The highest BCUT2D eigenvalue weighted by Gasteiger charge is 2.14. The van der Waals surface area contributed by atoms with Crippen LogP contribution >= 0.6 is 43.2 Å². The highest BCUT2D eigenvalue weighted by atomic mass is 79.9. The van der Waals surface area contributed by atoms with E-state index in [9.17, 15) is 0 Å². The number of nitrogen functional groups attached to an aromatic ring is 1. The van der Waals surface area contributed by atoms with Crippen molar-refractivity contribution in [1.29, 1.82) is 5.41 Å². The zero-order chi connectivity index (χ0) is 11.9. The van der Waals surface area contributed by atoms with Gasteiger partial charge >= 0.3 is 0 Å². The third-order valence-electron chi connectivity index (χ3n) is 2.13. The van der Waals surface area contributed by atoms with Crippen LogP contribution in [0.2, 0.25) is 0 Å². The Morgan fingerprint density at radius 2 is 2.06 bits per heavy atom. The van der Waals surface area contributed by atoms with Crippen LogP contribution in [0.3, 0.4) is 0 Å². The van der Waals surface area contributed by atoms with Crippen molar-refractivity contribution in [3.05, 3.63) is 26.0 Å². The second-order valence-electron chi connectivity index (χ2n) is 3.14. The van der Waals surface area contributed by atoms with Gasteiger partial charge in [-0.2, -0.15) is 0 Å². The molecule has 2 aromatic rings. The van der Waals surface area contributed by atoms with E-state index in [0.29, 0.717) is 0 Å². The van der Waals surface area contributed by atoms with Gasteiger partial charge in [-0.1, -0.05) is 0 Å². The van der Waals surface area contributed by atoms with E-state index >= 15 is 0 Å². The number of thiophene rings is 1. The Labute approximate surface area is 113 Å². The van der Waals surface area contributed by atoms with E-state index in [1.54, 1.807) is 7.11 Å². The average molecular weight is 364 g/mol. The molecule has 0 fully saturated rings. The predicted octanol–water partition coefficient (Wildman–Crippen LogP) is 3.72. The van der Waals surface area contributed by atoms with Crippen LogP contribution in [0.25, 0.3) is 10.1 Å². The molecule has 0 saturated heterocycles. The Kier molecular flexibility index (Phi) is 3.23. The summed E-state index contributed by atoms with van der Waals surface area (Å²) in [5.41, 5.74) is 5.48. The van der Waals surface area contributed by atoms with Crippen molar-refractivity contribution in [3.8, 4) is 5.75 Å². The first kappa shape index (κ1) is 11.9. The summed E-state index contributed by atoms with van der Waals surface area (Å²) in [6.07, 6.45) is 0. The summed E-state index contributed by atoms with van der Waals surface area (Å²) in [6, 6.07) is 3.80. The van der Waals surface area contributed by atoms with E-state index in [1.165, 1.54) is 11.3 Å².